The lowest BCUT2D eigenvalue weighted by atomic mass is 10.2. The molecule has 0 bridgehead atoms. The fourth-order valence-corrected chi connectivity index (χ4v) is 3.11. The van der Waals surface area contributed by atoms with Crippen molar-refractivity contribution in [1.29, 1.82) is 0 Å². The zero-order chi connectivity index (χ0) is 20.9. The van der Waals surface area contributed by atoms with Crippen molar-refractivity contribution >= 4 is 23.1 Å². The van der Waals surface area contributed by atoms with Gasteiger partial charge in [-0.15, -0.1) is 0 Å². The number of methoxy groups -OCH3 is 2. The average molecular weight is 400 g/mol. The Bertz CT molecular complexity index is 1270. The van der Waals surface area contributed by atoms with Gasteiger partial charge in [-0.3, -0.25) is 4.79 Å². The summed E-state index contributed by atoms with van der Waals surface area (Å²) in [6.07, 6.45) is 1.61. The van der Waals surface area contributed by atoms with E-state index in [0.717, 1.165) is 5.56 Å². The Morgan fingerprint density at radius 1 is 0.967 bits per heavy atom. The molecule has 0 spiro atoms. The molecule has 0 atom stereocenters. The standard InChI is InChI=1S/C23H20N4O3/c1-29-18-13-12-16(21(14-18)30-2)15-24-26-23-25-20-11-7-6-10-19(20)22(28)27(23)17-8-4-3-5-9-17/h3-15H,1-2H3,(H,25,26)/b24-15-. The predicted octanol–water partition coefficient (Wildman–Crippen LogP) is 3.85. The number of nitrogens with zero attached hydrogens (tertiary/aromatic N) is 3. The minimum absolute atomic E-state index is 0.175. The second-order valence-electron chi connectivity index (χ2n) is 6.41. The third kappa shape index (κ3) is 3.73. The SMILES string of the molecule is COc1ccc(/C=N\Nc2nc3ccccc3c(=O)n2-c2ccccc2)c(OC)c1. The molecule has 1 N–H and O–H groups in total. The molecule has 0 fully saturated rings. The van der Waals surface area contributed by atoms with Crippen molar-refractivity contribution < 1.29 is 9.47 Å². The van der Waals surface area contributed by atoms with E-state index in [0.29, 0.717) is 34.0 Å². The molecule has 7 nitrogen and oxygen atoms in total. The van der Waals surface area contributed by atoms with Crippen LogP contribution in [0.2, 0.25) is 0 Å². The smallest absolute Gasteiger partial charge is 0.267 e. The van der Waals surface area contributed by atoms with Gasteiger partial charge in [0.25, 0.3) is 5.56 Å². The van der Waals surface area contributed by atoms with Crippen LogP contribution >= 0.6 is 0 Å². The van der Waals surface area contributed by atoms with Gasteiger partial charge in [0.2, 0.25) is 5.95 Å². The van der Waals surface area contributed by atoms with Crippen molar-refractivity contribution in [3.63, 3.8) is 0 Å². The number of fused-ring (bicyclic) bond motifs is 1. The first kappa shape index (κ1) is 19.2. The fraction of sp³-hybridized carbons (Fsp3) is 0.0870. The van der Waals surface area contributed by atoms with Crippen molar-refractivity contribution in [2.45, 2.75) is 0 Å². The Morgan fingerprint density at radius 2 is 1.73 bits per heavy atom. The molecule has 30 heavy (non-hydrogen) atoms. The van der Waals surface area contributed by atoms with E-state index in [1.54, 1.807) is 38.6 Å². The molecule has 1 heterocycles. The van der Waals surface area contributed by atoms with Crippen LogP contribution in [0.3, 0.4) is 0 Å². The molecule has 4 rings (SSSR count). The van der Waals surface area contributed by atoms with E-state index in [2.05, 4.69) is 15.5 Å². The fourth-order valence-electron chi connectivity index (χ4n) is 3.11. The molecular formula is C23H20N4O3. The molecule has 0 unspecified atom stereocenters. The second-order valence-corrected chi connectivity index (χ2v) is 6.41. The summed E-state index contributed by atoms with van der Waals surface area (Å²) in [5.74, 6) is 1.62. The number of hydrogen-bond donors (Lipinski definition) is 1. The van der Waals surface area contributed by atoms with Gasteiger partial charge in [0.15, 0.2) is 0 Å². The van der Waals surface area contributed by atoms with Crippen LogP contribution in [0.5, 0.6) is 11.5 Å². The molecule has 3 aromatic carbocycles. The highest BCUT2D eigenvalue weighted by atomic mass is 16.5. The number of benzene rings is 3. The zero-order valence-electron chi connectivity index (χ0n) is 16.6. The summed E-state index contributed by atoms with van der Waals surface area (Å²) in [6, 6.07) is 22.0. The Labute approximate surface area is 173 Å². The quantitative estimate of drug-likeness (QED) is 0.393. The highest BCUT2D eigenvalue weighted by Crippen LogP contribution is 2.23. The molecule has 150 valence electrons. The highest BCUT2D eigenvalue weighted by molar-refractivity contribution is 5.84. The van der Waals surface area contributed by atoms with Crippen LogP contribution in [-0.4, -0.2) is 30.0 Å². The van der Waals surface area contributed by atoms with Gasteiger partial charge in [-0.1, -0.05) is 30.3 Å². The number of rotatable bonds is 6. The molecule has 1 aromatic heterocycles. The van der Waals surface area contributed by atoms with Gasteiger partial charge in [-0.05, 0) is 36.4 Å². The van der Waals surface area contributed by atoms with Crippen molar-refractivity contribution in [1.82, 2.24) is 9.55 Å². The van der Waals surface area contributed by atoms with Crippen LogP contribution in [0.25, 0.3) is 16.6 Å². The average Bonchev–Trinajstić information content (AvgIpc) is 2.80. The molecule has 7 heteroatoms. The van der Waals surface area contributed by atoms with E-state index in [1.807, 2.05) is 54.6 Å². The van der Waals surface area contributed by atoms with E-state index in [4.69, 9.17) is 9.47 Å². The Balaban J connectivity index is 1.76. The van der Waals surface area contributed by atoms with E-state index < -0.39 is 0 Å². The number of aromatic nitrogens is 2. The minimum Gasteiger partial charge on any atom is -0.497 e. The molecule has 0 radical (unpaired) electrons. The third-order valence-corrected chi connectivity index (χ3v) is 4.60. The largest absolute Gasteiger partial charge is 0.497 e. The Kier molecular flexibility index (Phi) is 5.43. The van der Waals surface area contributed by atoms with Crippen LogP contribution in [0.15, 0.2) is 82.7 Å². The Morgan fingerprint density at radius 3 is 2.50 bits per heavy atom. The zero-order valence-corrected chi connectivity index (χ0v) is 16.6. The number of nitrogens with one attached hydrogen (secondary N) is 1. The van der Waals surface area contributed by atoms with E-state index in [9.17, 15) is 4.79 Å². The first-order valence-corrected chi connectivity index (χ1v) is 9.29. The lowest BCUT2D eigenvalue weighted by molar-refractivity contribution is 0.394. The number of anilines is 1. The summed E-state index contributed by atoms with van der Waals surface area (Å²) in [5, 5.41) is 4.83. The van der Waals surface area contributed by atoms with Crippen molar-refractivity contribution in [3.05, 3.63) is 88.7 Å². The number of para-hydroxylation sites is 2. The topological polar surface area (TPSA) is 77.7 Å². The van der Waals surface area contributed by atoms with Gasteiger partial charge in [0, 0.05) is 11.6 Å². The van der Waals surface area contributed by atoms with Crippen molar-refractivity contribution in [3.8, 4) is 17.2 Å². The van der Waals surface area contributed by atoms with E-state index >= 15 is 0 Å². The van der Waals surface area contributed by atoms with Crippen LogP contribution in [0.4, 0.5) is 5.95 Å². The number of ether oxygens (including phenoxy) is 2. The van der Waals surface area contributed by atoms with Crippen molar-refractivity contribution in [2.24, 2.45) is 5.10 Å². The summed E-state index contributed by atoms with van der Waals surface area (Å²) in [4.78, 5) is 17.8. The van der Waals surface area contributed by atoms with Gasteiger partial charge >= 0.3 is 0 Å². The third-order valence-electron chi connectivity index (χ3n) is 4.60. The summed E-state index contributed by atoms with van der Waals surface area (Å²) in [7, 11) is 3.18. The first-order chi connectivity index (χ1) is 14.7. The highest BCUT2D eigenvalue weighted by Gasteiger charge is 2.12. The van der Waals surface area contributed by atoms with Crippen LogP contribution in [0, 0.1) is 0 Å². The first-order valence-electron chi connectivity index (χ1n) is 9.29. The van der Waals surface area contributed by atoms with Gasteiger partial charge in [0.05, 0.1) is 37.0 Å². The predicted molar refractivity (Wildman–Crippen MR) is 118 cm³/mol. The second kappa shape index (κ2) is 8.48. The van der Waals surface area contributed by atoms with Crippen LogP contribution in [-0.2, 0) is 0 Å². The monoisotopic (exact) mass is 400 g/mol. The molecular weight excluding hydrogens is 380 g/mol. The maximum absolute atomic E-state index is 13.2. The normalized spacial score (nSPS) is 11.0. The maximum atomic E-state index is 13.2. The minimum atomic E-state index is -0.175. The summed E-state index contributed by atoms with van der Waals surface area (Å²) < 4.78 is 12.1. The molecule has 0 amide bonds. The van der Waals surface area contributed by atoms with Crippen LogP contribution in [0.1, 0.15) is 5.56 Å². The summed E-state index contributed by atoms with van der Waals surface area (Å²) >= 11 is 0. The van der Waals surface area contributed by atoms with Gasteiger partial charge in [-0.25, -0.2) is 15.0 Å². The van der Waals surface area contributed by atoms with Gasteiger partial charge < -0.3 is 9.47 Å². The van der Waals surface area contributed by atoms with Crippen LogP contribution < -0.4 is 20.5 Å². The molecule has 0 saturated carbocycles. The molecule has 0 aliphatic carbocycles. The van der Waals surface area contributed by atoms with E-state index in [1.165, 1.54) is 4.57 Å². The lowest BCUT2D eigenvalue weighted by Gasteiger charge is -2.13. The van der Waals surface area contributed by atoms with Gasteiger partial charge in [-0.2, -0.15) is 5.10 Å². The van der Waals surface area contributed by atoms with E-state index in [-0.39, 0.29) is 5.56 Å². The number of hydrazone groups is 1. The molecule has 0 aliphatic heterocycles. The molecule has 0 aliphatic rings. The molecule has 4 aromatic rings. The molecule has 0 saturated heterocycles. The summed E-state index contributed by atoms with van der Waals surface area (Å²) in [5.41, 5.74) is 4.77. The van der Waals surface area contributed by atoms with Crippen molar-refractivity contribution in [2.75, 3.05) is 19.6 Å². The summed E-state index contributed by atoms with van der Waals surface area (Å²) in [6.45, 7) is 0. The maximum Gasteiger partial charge on any atom is 0.267 e. The Hall–Kier alpha value is -4.13. The number of hydrogen-bond acceptors (Lipinski definition) is 6. The lowest BCUT2D eigenvalue weighted by Crippen LogP contribution is -2.22. The van der Waals surface area contributed by atoms with Gasteiger partial charge in [0.1, 0.15) is 11.5 Å².